The van der Waals surface area contributed by atoms with E-state index in [1.165, 1.54) is 32.7 Å². The molecule has 0 amide bonds. The first-order valence-electron chi connectivity index (χ1n) is 36.9. The van der Waals surface area contributed by atoms with Crippen molar-refractivity contribution in [3.63, 3.8) is 0 Å². The molecule has 0 radical (unpaired) electrons. The Morgan fingerprint density at radius 2 is 0.645 bits per heavy atom. The number of anilines is 6. The molecule has 0 atom stereocenters. The van der Waals surface area contributed by atoms with Crippen LogP contribution in [0.15, 0.2) is 334 Å². The van der Waals surface area contributed by atoms with Gasteiger partial charge in [-0.15, -0.1) is 0 Å². The number of nitrogens with zero attached hydrogens (tertiary/aromatic N) is 6. The van der Waals surface area contributed by atoms with Crippen LogP contribution in [0.3, 0.4) is 0 Å². The Kier molecular flexibility index (Phi) is 15.1. The van der Waals surface area contributed by atoms with Crippen LogP contribution in [0.5, 0.6) is 0 Å². The van der Waals surface area contributed by atoms with Crippen LogP contribution in [0.1, 0.15) is 63.8 Å². The van der Waals surface area contributed by atoms with Crippen LogP contribution in [-0.2, 0) is 10.8 Å². The fraction of sp³-hybridized carbons (Fsp3) is 0.0800. The van der Waals surface area contributed by atoms with Crippen LogP contribution in [0.25, 0.3) is 122 Å². The highest BCUT2D eigenvalue weighted by Crippen LogP contribution is 2.55. The molecule has 0 unspecified atom stereocenters. The maximum absolute atomic E-state index is 11.0. The van der Waals surface area contributed by atoms with Gasteiger partial charge in [0, 0.05) is 72.4 Å². The molecule has 506 valence electrons. The minimum Gasteiger partial charge on any atom is -0.311 e. The predicted octanol–water partition coefficient (Wildman–Crippen LogP) is 24.3. The van der Waals surface area contributed by atoms with E-state index in [0.29, 0.717) is 11.1 Å². The molecule has 2 aliphatic heterocycles. The topological polar surface area (TPSA) is 63.9 Å². The second-order valence-corrected chi connectivity index (χ2v) is 30.6. The Labute approximate surface area is 624 Å². The van der Waals surface area contributed by atoms with Gasteiger partial charge in [-0.25, -0.2) is 0 Å². The average Bonchev–Trinajstić information content (AvgIpc) is 1.01. The van der Waals surface area contributed by atoms with Crippen molar-refractivity contribution in [3.05, 3.63) is 356 Å². The fourth-order valence-corrected chi connectivity index (χ4v) is 17.1. The van der Waals surface area contributed by atoms with Crippen molar-refractivity contribution in [2.45, 2.75) is 52.4 Å². The van der Waals surface area contributed by atoms with E-state index in [2.05, 4.69) is 370 Å². The zero-order valence-electron chi connectivity index (χ0n) is 60.5. The van der Waals surface area contributed by atoms with Crippen molar-refractivity contribution in [1.29, 1.82) is 10.5 Å². The Balaban J connectivity index is 0.989. The van der Waals surface area contributed by atoms with Crippen molar-refractivity contribution >= 4 is 101 Å². The van der Waals surface area contributed by atoms with Crippen molar-refractivity contribution in [1.82, 2.24) is 9.13 Å². The van der Waals surface area contributed by atoms with Gasteiger partial charge in [-0.2, -0.15) is 10.5 Å². The van der Waals surface area contributed by atoms with E-state index < -0.39 is 0 Å². The highest BCUT2D eigenvalue weighted by molar-refractivity contribution is 7.00. The van der Waals surface area contributed by atoms with Gasteiger partial charge in [0.1, 0.15) is 0 Å². The molecule has 107 heavy (non-hydrogen) atoms. The van der Waals surface area contributed by atoms with Gasteiger partial charge in [0.05, 0.1) is 56.7 Å². The molecule has 6 nitrogen and oxygen atoms in total. The third kappa shape index (κ3) is 10.6. The Bertz CT molecular complexity index is 6440. The van der Waals surface area contributed by atoms with E-state index in [1.807, 2.05) is 36.4 Å². The van der Waals surface area contributed by atoms with Crippen LogP contribution < -0.4 is 26.2 Å². The summed E-state index contributed by atoms with van der Waals surface area (Å²) in [5.41, 5.74) is 31.6. The van der Waals surface area contributed by atoms with Crippen molar-refractivity contribution in [2.75, 3.05) is 9.80 Å². The lowest BCUT2D eigenvalue weighted by Crippen LogP contribution is -2.61. The number of rotatable bonds is 10. The molecular formula is C100H73BN6. The zero-order chi connectivity index (χ0) is 72.4. The summed E-state index contributed by atoms with van der Waals surface area (Å²) in [6.45, 7) is 13.3. The summed E-state index contributed by atoms with van der Waals surface area (Å²) in [7, 11) is 0. The first-order chi connectivity index (χ1) is 52.3. The molecule has 0 saturated carbocycles. The van der Waals surface area contributed by atoms with E-state index in [4.69, 9.17) is 0 Å². The van der Waals surface area contributed by atoms with Gasteiger partial charge in [0.2, 0.25) is 0 Å². The molecule has 0 bridgehead atoms. The number of fused-ring (bicyclic) bond motifs is 10. The average molecular weight is 1370 g/mol. The molecule has 17 aromatic rings. The minimum absolute atomic E-state index is 0.0974. The number of aromatic nitrogens is 2. The molecular weight excluding hydrogens is 1300 g/mol. The largest absolute Gasteiger partial charge is 0.311 e. The second kappa shape index (κ2) is 25.2. The zero-order valence-corrected chi connectivity index (χ0v) is 60.5. The van der Waals surface area contributed by atoms with Gasteiger partial charge < -0.3 is 18.9 Å². The molecule has 0 saturated heterocycles. The standard InChI is InChI=1S/C100H73BN6/c1-99(2,3)73-46-41-66(42-47-73)83-55-68(77-31-15-13-29-69(77)62-102)45-54-92(83)106-93-60-75(104-88-37-21-17-33-79(88)80-34-18-22-38-89(80)104)50-52-86(93)101-87-53-51-76(105-90-39-23-19-35-81(90)82-36-20-24-40-91(82)105)61-94(87)107(96-59-71(58-95(106)97(96)101)64-25-9-7-10-26-64)98-84(65-27-11-8-12-28-65)56-72(78-32-16-14-30-70(78)63-103)57-85(98)67-43-48-74(49-44-67)100(4,5)6/h7-61H,1-6H3. The first kappa shape index (κ1) is 64.4. The minimum atomic E-state index is -0.325. The normalized spacial score (nSPS) is 12.5. The SMILES string of the molecule is CC(C)(C)c1ccc(-c2cc(-c3ccccc3C#N)ccc2N2c3cc(-n4c5ccccc5c5ccccc54)ccc3B3c4ccc(-n5c6ccccc6c6ccccc65)cc4N(c4c(-c5ccccc5)cc(-c5ccccc5C#N)cc4-c4ccc(C(C)(C)C)cc4)c4cc(-c5ccccc5)cc2c43)cc1. The van der Waals surface area contributed by atoms with Crippen LogP contribution >= 0.6 is 0 Å². The Hall–Kier alpha value is -13.5. The van der Waals surface area contributed by atoms with Gasteiger partial charge in [-0.1, -0.05) is 278 Å². The summed E-state index contributed by atoms with van der Waals surface area (Å²) in [6.07, 6.45) is 0. The Morgan fingerprint density at radius 1 is 0.271 bits per heavy atom. The molecule has 2 aliphatic rings. The lowest BCUT2D eigenvalue weighted by molar-refractivity contribution is 0.590. The van der Waals surface area contributed by atoms with Crippen LogP contribution in [0.4, 0.5) is 34.1 Å². The maximum Gasteiger partial charge on any atom is 0.252 e. The van der Waals surface area contributed by atoms with Crippen LogP contribution in [0.2, 0.25) is 0 Å². The van der Waals surface area contributed by atoms with E-state index in [0.717, 1.165) is 151 Å². The molecule has 7 heteroatoms. The molecule has 0 fully saturated rings. The molecule has 0 aliphatic carbocycles. The summed E-state index contributed by atoms with van der Waals surface area (Å²) in [4.78, 5) is 5.22. The van der Waals surface area contributed by atoms with Crippen molar-refractivity contribution < 1.29 is 0 Å². The van der Waals surface area contributed by atoms with E-state index in [1.54, 1.807) is 0 Å². The molecule has 0 N–H and O–H groups in total. The van der Waals surface area contributed by atoms with Gasteiger partial charge in [0.15, 0.2) is 0 Å². The fourth-order valence-electron chi connectivity index (χ4n) is 17.1. The molecule has 15 aromatic carbocycles. The Morgan fingerprint density at radius 3 is 1.11 bits per heavy atom. The number of benzene rings is 15. The van der Waals surface area contributed by atoms with E-state index >= 15 is 0 Å². The highest BCUT2D eigenvalue weighted by Gasteiger charge is 2.46. The predicted molar refractivity (Wildman–Crippen MR) is 449 cm³/mol. The molecule has 19 rings (SSSR count). The summed E-state index contributed by atoms with van der Waals surface area (Å²) >= 11 is 0. The number of nitriles is 2. The quantitative estimate of drug-likeness (QED) is 0.128. The summed E-state index contributed by atoms with van der Waals surface area (Å²) < 4.78 is 4.91. The molecule has 2 aromatic heterocycles. The van der Waals surface area contributed by atoms with Crippen molar-refractivity contribution in [3.8, 4) is 90.3 Å². The highest BCUT2D eigenvalue weighted by atomic mass is 15.2. The number of para-hydroxylation sites is 4. The molecule has 4 heterocycles. The van der Waals surface area contributed by atoms with Crippen molar-refractivity contribution in [2.24, 2.45) is 0 Å². The van der Waals surface area contributed by atoms with Crippen LogP contribution in [0, 0.1) is 22.7 Å². The summed E-state index contributed by atoms with van der Waals surface area (Å²) in [5.74, 6) is 0. The van der Waals surface area contributed by atoms with Gasteiger partial charge >= 0.3 is 0 Å². The van der Waals surface area contributed by atoms with E-state index in [-0.39, 0.29) is 17.5 Å². The lowest BCUT2D eigenvalue weighted by atomic mass is 9.33. The first-order valence-corrected chi connectivity index (χ1v) is 36.9. The van der Waals surface area contributed by atoms with Gasteiger partial charge in [-0.05, 0) is 185 Å². The second-order valence-electron chi connectivity index (χ2n) is 30.6. The monoisotopic (exact) mass is 1370 g/mol. The van der Waals surface area contributed by atoms with Gasteiger partial charge in [-0.3, -0.25) is 0 Å². The number of hydrogen-bond donors (Lipinski definition) is 0. The number of hydrogen-bond acceptors (Lipinski definition) is 4. The third-order valence-corrected chi connectivity index (χ3v) is 22.3. The maximum atomic E-state index is 11.0. The summed E-state index contributed by atoms with van der Waals surface area (Å²) in [5, 5.41) is 26.6. The smallest absolute Gasteiger partial charge is 0.252 e. The summed E-state index contributed by atoms with van der Waals surface area (Å²) in [6, 6.07) is 128. The van der Waals surface area contributed by atoms with Crippen LogP contribution in [-0.4, -0.2) is 15.8 Å². The van der Waals surface area contributed by atoms with E-state index in [9.17, 15) is 10.5 Å². The lowest BCUT2D eigenvalue weighted by Gasteiger charge is -2.46. The van der Waals surface area contributed by atoms with Gasteiger partial charge in [0.25, 0.3) is 6.71 Å². The molecule has 0 spiro atoms. The third-order valence-electron chi connectivity index (χ3n) is 22.3.